The van der Waals surface area contributed by atoms with E-state index in [9.17, 15) is 24.6 Å². The molecule has 1 saturated heterocycles. The highest BCUT2D eigenvalue weighted by Crippen LogP contribution is 2.34. The van der Waals surface area contributed by atoms with E-state index in [0.717, 1.165) is 40.8 Å². The van der Waals surface area contributed by atoms with Crippen LogP contribution in [0.2, 0.25) is 0 Å². The van der Waals surface area contributed by atoms with Crippen LogP contribution in [0.4, 0.5) is 16.2 Å². The molecule has 4 N–H and O–H groups in total. The fourth-order valence-electron chi connectivity index (χ4n) is 5.92. The Bertz CT molecular complexity index is 1860. The van der Waals surface area contributed by atoms with Crippen LogP contribution in [0.1, 0.15) is 70.4 Å². The van der Waals surface area contributed by atoms with Gasteiger partial charge in [-0.15, -0.1) is 0 Å². The van der Waals surface area contributed by atoms with Gasteiger partial charge in [0.25, 0.3) is 11.8 Å². The number of aliphatic hydroxyl groups excluding tert-OH is 2. The van der Waals surface area contributed by atoms with Crippen molar-refractivity contribution in [3.8, 4) is 11.1 Å². The maximum Gasteiger partial charge on any atom is 0.410 e. The number of nitrogens with zero attached hydrogens (tertiary/aromatic N) is 4. The zero-order valence-corrected chi connectivity index (χ0v) is 29.8. The third kappa shape index (κ3) is 9.75. The molecule has 3 amide bonds. The third-order valence-electron chi connectivity index (χ3n) is 8.62. The van der Waals surface area contributed by atoms with Crippen LogP contribution in [-0.4, -0.2) is 85.8 Å². The van der Waals surface area contributed by atoms with Gasteiger partial charge < -0.3 is 30.5 Å². The number of ether oxygens (including phenoxy) is 1. The summed E-state index contributed by atoms with van der Waals surface area (Å²) in [4.78, 5) is 51.3. The van der Waals surface area contributed by atoms with Crippen molar-refractivity contribution in [1.82, 2.24) is 19.8 Å². The fraction of sp³-hybridized carbons (Fsp3) is 0.359. The number of rotatable bonds is 11. The van der Waals surface area contributed by atoms with Crippen LogP contribution < -0.4 is 10.6 Å². The van der Waals surface area contributed by atoms with Crippen LogP contribution in [0.3, 0.4) is 0 Å². The molecule has 0 aliphatic carbocycles. The summed E-state index contributed by atoms with van der Waals surface area (Å²) >= 11 is 0. The topological polar surface area (TPSA) is 157 Å². The number of carbonyl (C=O) groups excluding carboxylic acids is 3. The molecule has 1 fully saturated rings. The Hall–Kier alpha value is -5.17. The minimum Gasteiger partial charge on any atom is -0.444 e. The minimum absolute atomic E-state index is 0.0964. The largest absolute Gasteiger partial charge is 0.444 e. The molecule has 0 spiro atoms. The third-order valence-corrected chi connectivity index (χ3v) is 8.62. The lowest BCUT2D eigenvalue weighted by Gasteiger charge is -2.27. The lowest BCUT2D eigenvalue weighted by atomic mass is 9.94. The average molecular weight is 695 g/mol. The molecule has 268 valence electrons. The van der Waals surface area contributed by atoms with Gasteiger partial charge in [0.15, 0.2) is 0 Å². The van der Waals surface area contributed by atoms with E-state index in [4.69, 9.17) is 4.74 Å². The van der Waals surface area contributed by atoms with Gasteiger partial charge in [0.1, 0.15) is 17.0 Å². The van der Waals surface area contributed by atoms with Gasteiger partial charge in [-0.1, -0.05) is 36.4 Å². The Kier molecular flexibility index (Phi) is 11.8. The van der Waals surface area contributed by atoms with Crippen LogP contribution >= 0.6 is 0 Å². The van der Waals surface area contributed by atoms with Crippen molar-refractivity contribution in [3.05, 3.63) is 107 Å². The summed E-state index contributed by atoms with van der Waals surface area (Å²) in [5.74, 6) is -0.712. The molecule has 12 nitrogen and oxygen atoms in total. The molecule has 12 heteroatoms. The second-order valence-corrected chi connectivity index (χ2v) is 13.8. The molecule has 1 atom stereocenters. The van der Waals surface area contributed by atoms with Crippen molar-refractivity contribution >= 4 is 29.3 Å². The Morgan fingerprint density at radius 3 is 1.86 bits per heavy atom. The Morgan fingerprint density at radius 1 is 0.863 bits per heavy atom. The van der Waals surface area contributed by atoms with Crippen LogP contribution in [-0.2, 0) is 17.8 Å². The predicted octanol–water partition coefficient (Wildman–Crippen LogP) is 5.56. The zero-order chi connectivity index (χ0) is 36.7. The summed E-state index contributed by atoms with van der Waals surface area (Å²) in [5.41, 5.74) is 6.25. The molecular formula is C39H46N6O6. The molecule has 0 saturated carbocycles. The number of hydrogen-bond acceptors (Lipinski definition) is 9. The Morgan fingerprint density at radius 2 is 1.41 bits per heavy atom. The van der Waals surface area contributed by atoms with Gasteiger partial charge in [0.05, 0.1) is 19.3 Å². The summed E-state index contributed by atoms with van der Waals surface area (Å²) in [6.07, 6.45) is 3.17. The standard InChI is InChI=1S/C39H46N6O6/c1-25-30(8-6-10-32(25)42-36(48)34-14-12-27(20-40-34)22-44-17-16-29(47)24-44)31-9-7-11-33(26(31)2)43-37(49)35-15-13-28(21-41-35)23-45(18-19-46)38(50)51-39(3,4)5/h6-15,20-21,29,46-47H,16-19,22-24H2,1-5H3,(H,42,48)(H,43,49)/t29-/m1/s1. The lowest BCUT2D eigenvalue weighted by molar-refractivity contribution is 0.0201. The quantitative estimate of drug-likeness (QED) is 0.158. The van der Waals surface area contributed by atoms with E-state index in [1.54, 1.807) is 45.2 Å². The van der Waals surface area contributed by atoms with Crippen molar-refractivity contribution in [2.24, 2.45) is 0 Å². The van der Waals surface area contributed by atoms with Crippen molar-refractivity contribution in [3.63, 3.8) is 0 Å². The highest BCUT2D eigenvalue weighted by molar-refractivity contribution is 6.05. The summed E-state index contributed by atoms with van der Waals surface area (Å²) in [6.45, 7) is 11.4. The second kappa shape index (κ2) is 16.2. The number of carbonyl (C=O) groups is 3. The van der Waals surface area contributed by atoms with Gasteiger partial charge in [-0.3, -0.25) is 24.5 Å². The first-order valence-corrected chi connectivity index (χ1v) is 17.0. The zero-order valence-electron chi connectivity index (χ0n) is 29.8. The number of hydrogen-bond donors (Lipinski definition) is 4. The molecule has 1 aliphatic rings. The first-order chi connectivity index (χ1) is 24.3. The van der Waals surface area contributed by atoms with Gasteiger partial charge in [0, 0.05) is 49.9 Å². The van der Waals surface area contributed by atoms with E-state index < -0.39 is 17.6 Å². The summed E-state index contributed by atoms with van der Waals surface area (Å²) < 4.78 is 5.44. The van der Waals surface area contributed by atoms with E-state index in [1.807, 2.05) is 56.3 Å². The molecule has 2 aromatic carbocycles. The van der Waals surface area contributed by atoms with Gasteiger partial charge in [-0.05, 0) is 98.7 Å². The SMILES string of the molecule is Cc1c(NC(=O)c2ccc(CN3CC[C@@H](O)C3)cn2)cccc1-c1cccc(NC(=O)c2ccc(CN(CCO)C(=O)OC(C)(C)C)cn2)c1C. The number of pyridine rings is 2. The number of benzene rings is 2. The summed E-state index contributed by atoms with van der Waals surface area (Å²) in [5, 5.41) is 25.2. The average Bonchev–Trinajstić information content (AvgIpc) is 3.50. The van der Waals surface area contributed by atoms with Crippen molar-refractivity contribution in [1.29, 1.82) is 0 Å². The molecule has 1 aliphatic heterocycles. The highest BCUT2D eigenvalue weighted by Gasteiger charge is 2.23. The van der Waals surface area contributed by atoms with Crippen LogP contribution in [0.5, 0.6) is 0 Å². The van der Waals surface area contributed by atoms with Crippen LogP contribution in [0.25, 0.3) is 11.1 Å². The molecule has 3 heterocycles. The number of amides is 3. The number of aliphatic hydroxyl groups is 2. The Labute approximate surface area is 298 Å². The lowest BCUT2D eigenvalue weighted by Crippen LogP contribution is -2.38. The number of β-amino-alcohol motifs (C(OH)–C–C–N with tert-alkyl or cyclic N) is 1. The van der Waals surface area contributed by atoms with Gasteiger partial charge >= 0.3 is 6.09 Å². The Balaban J connectivity index is 1.24. The van der Waals surface area contributed by atoms with E-state index in [0.29, 0.717) is 35.7 Å². The molecular weight excluding hydrogens is 648 g/mol. The monoisotopic (exact) mass is 694 g/mol. The van der Waals surface area contributed by atoms with E-state index in [-0.39, 0.29) is 37.4 Å². The summed E-state index contributed by atoms with van der Waals surface area (Å²) in [7, 11) is 0. The first kappa shape index (κ1) is 37.1. The van der Waals surface area contributed by atoms with E-state index >= 15 is 0 Å². The molecule has 0 radical (unpaired) electrons. The molecule has 51 heavy (non-hydrogen) atoms. The predicted molar refractivity (Wildman–Crippen MR) is 195 cm³/mol. The molecule has 2 aromatic heterocycles. The molecule has 0 bridgehead atoms. The van der Waals surface area contributed by atoms with E-state index in [1.165, 1.54) is 11.1 Å². The second-order valence-electron chi connectivity index (χ2n) is 13.8. The van der Waals surface area contributed by atoms with Gasteiger partial charge in [0.2, 0.25) is 0 Å². The smallest absolute Gasteiger partial charge is 0.410 e. The molecule has 0 unspecified atom stereocenters. The number of likely N-dealkylation sites (tertiary alicyclic amines) is 1. The highest BCUT2D eigenvalue weighted by atomic mass is 16.6. The molecule has 4 aromatic rings. The maximum absolute atomic E-state index is 13.3. The maximum atomic E-state index is 13.3. The molecule has 5 rings (SSSR count). The first-order valence-electron chi connectivity index (χ1n) is 17.0. The van der Waals surface area contributed by atoms with Crippen LogP contribution in [0, 0.1) is 13.8 Å². The van der Waals surface area contributed by atoms with Crippen molar-refractivity contribution in [2.45, 2.75) is 65.8 Å². The van der Waals surface area contributed by atoms with E-state index in [2.05, 4.69) is 25.5 Å². The number of nitrogens with one attached hydrogen (secondary N) is 2. The number of aromatic nitrogens is 2. The van der Waals surface area contributed by atoms with Gasteiger partial charge in [-0.2, -0.15) is 0 Å². The van der Waals surface area contributed by atoms with Crippen molar-refractivity contribution < 1.29 is 29.3 Å². The van der Waals surface area contributed by atoms with Gasteiger partial charge in [-0.25, -0.2) is 4.79 Å². The van der Waals surface area contributed by atoms with Crippen LogP contribution in [0.15, 0.2) is 73.1 Å². The summed E-state index contributed by atoms with van der Waals surface area (Å²) in [6, 6.07) is 18.2. The fourth-order valence-corrected chi connectivity index (χ4v) is 5.92. The minimum atomic E-state index is -0.677. The number of anilines is 2. The van der Waals surface area contributed by atoms with Crippen molar-refractivity contribution in [2.75, 3.05) is 36.9 Å². The normalized spacial score (nSPS) is 14.6.